The van der Waals surface area contributed by atoms with E-state index in [4.69, 9.17) is 4.74 Å². The number of amides is 3. The molecule has 8 heteroatoms. The summed E-state index contributed by atoms with van der Waals surface area (Å²) in [6.45, 7) is 4.10. The van der Waals surface area contributed by atoms with E-state index >= 15 is 0 Å². The minimum atomic E-state index is -0.524. The molecule has 2 aromatic carbocycles. The number of carbonyl (C=O) groups excluding carboxylic acids is 2. The number of hydrogen-bond acceptors (Lipinski definition) is 5. The predicted octanol–water partition coefficient (Wildman–Crippen LogP) is 2.41. The van der Waals surface area contributed by atoms with Crippen LogP contribution >= 0.6 is 0 Å². The normalized spacial score (nSPS) is 19.1. The molecule has 34 heavy (non-hydrogen) atoms. The van der Waals surface area contributed by atoms with E-state index in [1.807, 2.05) is 54.6 Å². The summed E-state index contributed by atoms with van der Waals surface area (Å²) in [6, 6.07) is 16.9. The van der Waals surface area contributed by atoms with Crippen LogP contribution in [0, 0.1) is 0 Å². The van der Waals surface area contributed by atoms with Gasteiger partial charge in [-0.05, 0) is 49.1 Å². The van der Waals surface area contributed by atoms with Crippen molar-refractivity contribution in [1.82, 2.24) is 15.1 Å². The van der Waals surface area contributed by atoms with E-state index in [1.54, 1.807) is 9.80 Å². The average Bonchev–Trinajstić information content (AvgIpc) is 3.38. The molecule has 182 valence electrons. The second-order valence-corrected chi connectivity index (χ2v) is 8.80. The van der Waals surface area contributed by atoms with Crippen molar-refractivity contribution in [2.24, 2.45) is 0 Å². The van der Waals surface area contributed by atoms with E-state index in [9.17, 15) is 14.7 Å². The molecule has 0 aromatic heterocycles. The summed E-state index contributed by atoms with van der Waals surface area (Å²) < 4.78 is 5.33. The van der Waals surface area contributed by atoms with E-state index in [1.165, 1.54) is 0 Å². The first-order chi connectivity index (χ1) is 16.6. The summed E-state index contributed by atoms with van der Waals surface area (Å²) in [5.41, 5.74) is 2.78. The number of hydrogen-bond donors (Lipinski definition) is 3. The Labute approximate surface area is 200 Å². The van der Waals surface area contributed by atoms with Crippen molar-refractivity contribution in [3.05, 3.63) is 65.7 Å². The molecule has 2 aliphatic heterocycles. The fourth-order valence-electron chi connectivity index (χ4n) is 4.45. The molecule has 3 amide bonds. The van der Waals surface area contributed by atoms with Crippen LogP contribution in [0.15, 0.2) is 54.6 Å². The number of aliphatic hydroxyl groups excluding tert-OH is 1. The van der Waals surface area contributed by atoms with Crippen molar-refractivity contribution in [2.75, 3.05) is 51.3 Å². The summed E-state index contributed by atoms with van der Waals surface area (Å²) in [4.78, 5) is 29.2. The van der Waals surface area contributed by atoms with Crippen molar-refractivity contribution in [3.63, 3.8) is 0 Å². The zero-order valence-corrected chi connectivity index (χ0v) is 19.5. The van der Waals surface area contributed by atoms with Gasteiger partial charge in [-0.2, -0.15) is 0 Å². The van der Waals surface area contributed by atoms with Gasteiger partial charge >= 0.3 is 6.03 Å². The minimum absolute atomic E-state index is 0.0684. The topological polar surface area (TPSA) is 94.1 Å². The Bertz CT molecular complexity index is 932. The lowest BCUT2D eigenvalue weighted by atomic mass is 10.1. The second kappa shape index (κ2) is 12.0. The van der Waals surface area contributed by atoms with Gasteiger partial charge in [-0.3, -0.25) is 4.79 Å². The number of morpholine rings is 1. The highest BCUT2D eigenvalue weighted by Gasteiger charge is 2.36. The van der Waals surface area contributed by atoms with Crippen LogP contribution in [-0.2, 0) is 16.0 Å². The molecule has 2 atom stereocenters. The quantitative estimate of drug-likeness (QED) is 0.520. The molecular weight excluding hydrogens is 432 g/mol. The van der Waals surface area contributed by atoms with Gasteiger partial charge in [0.25, 0.3) is 0 Å². The molecule has 2 saturated heterocycles. The monoisotopic (exact) mass is 466 g/mol. The molecule has 8 nitrogen and oxygen atoms in total. The van der Waals surface area contributed by atoms with E-state index < -0.39 is 12.1 Å². The molecule has 0 spiro atoms. The third-order valence-electron chi connectivity index (χ3n) is 6.42. The number of likely N-dealkylation sites (tertiary alicyclic amines) is 1. The fraction of sp³-hybridized carbons (Fsp3) is 0.462. The van der Waals surface area contributed by atoms with Crippen LogP contribution < -0.4 is 10.6 Å². The Morgan fingerprint density at radius 1 is 1.03 bits per heavy atom. The van der Waals surface area contributed by atoms with Gasteiger partial charge in [0, 0.05) is 31.9 Å². The average molecular weight is 467 g/mol. The number of rotatable bonds is 8. The van der Waals surface area contributed by atoms with Crippen LogP contribution in [0.1, 0.15) is 30.1 Å². The third kappa shape index (κ3) is 6.34. The molecule has 0 unspecified atom stereocenters. The SMILES string of the molecule is O=C(Nc1ccc(CCNC[C@H](O)c2ccccc2)cc1)[C@@H]1CCCN1C(=O)N1CCOCC1. The summed E-state index contributed by atoms with van der Waals surface area (Å²) in [7, 11) is 0. The molecule has 4 rings (SSSR count). The highest BCUT2D eigenvalue weighted by molar-refractivity contribution is 5.97. The van der Waals surface area contributed by atoms with Crippen LogP contribution in [0.5, 0.6) is 0 Å². The molecule has 3 N–H and O–H groups in total. The van der Waals surface area contributed by atoms with Crippen LogP contribution in [0.4, 0.5) is 10.5 Å². The van der Waals surface area contributed by atoms with Crippen LogP contribution in [0.3, 0.4) is 0 Å². The zero-order chi connectivity index (χ0) is 23.8. The van der Waals surface area contributed by atoms with Gasteiger partial charge < -0.3 is 30.3 Å². The predicted molar refractivity (Wildman–Crippen MR) is 131 cm³/mol. The summed E-state index contributed by atoms with van der Waals surface area (Å²) >= 11 is 0. The second-order valence-electron chi connectivity index (χ2n) is 8.80. The first-order valence-corrected chi connectivity index (χ1v) is 12.1. The molecule has 2 aromatic rings. The molecule has 2 fully saturated rings. The maximum absolute atomic E-state index is 12.9. The van der Waals surface area contributed by atoms with Gasteiger partial charge in [0.05, 0.1) is 19.3 Å². The number of carbonyl (C=O) groups is 2. The zero-order valence-electron chi connectivity index (χ0n) is 19.5. The first kappa shape index (κ1) is 24.2. The summed E-state index contributed by atoms with van der Waals surface area (Å²) in [5.74, 6) is -0.136. The summed E-state index contributed by atoms with van der Waals surface area (Å²) in [6.07, 6.45) is 1.81. The maximum atomic E-state index is 12.9. The van der Waals surface area contributed by atoms with Crippen LogP contribution in [-0.4, -0.2) is 78.8 Å². The molecular formula is C26H34N4O4. The number of benzene rings is 2. The van der Waals surface area contributed by atoms with Crippen LogP contribution in [0.2, 0.25) is 0 Å². The first-order valence-electron chi connectivity index (χ1n) is 12.1. The summed E-state index contributed by atoms with van der Waals surface area (Å²) in [5, 5.41) is 16.5. The van der Waals surface area contributed by atoms with Gasteiger partial charge in [-0.1, -0.05) is 42.5 Å². The number of ether oxygens (including phenoxy) is 1. The Morgan fingerprint density at radius 3 is 2.50 bits per heavy atom. The van der Waals surface area contributed by atoms with Gasteiger partial charge in [0.2, 0.25) is 5.91 Å². The highest BCUT2D eigenvalue weighted by atomic mass is 16.5. The molecule has 2 aliphatic rings. The van der Waals surface area contributed by atoms with E-state index in [2.05, 4.69) is 10.6 Å². The number of aliphatic hydroxyl groups is 1. The number of anilines is 1. The number of nitrogens with one attached hydrogen (secondary N) is 2. The molecule has 0 saturated carbocycles. The fourth-order valence-corrected chi connectivity index (χ4v) is 4.45. The number of nitrogens with zero attached hydrogens (tertiary/aromatic N) is 2. The van der Waals surface area contributed by atoms with Crippen molar-refractivity contribution >= 4 is 17.6 Å². The van der Waals surface area contributed by atoms with Gasteiger partial charge in [-0.15, -0.1) is 0 Å². The van der Waals surface area contributed by atoms with E-state index in [0.29, 0.717) is 45.8 Å². The third-order valence-corrected chi connectivity index (χ3v) is 6.42. The standard InChI is InChI=1S/C26H34N4O4/c31-24(21-5-2-1-3-6-21)19-27-13-12-20-8-10-22(11-9-20)28-25(32)23-7-4-14-30(23)26(33)29-15-17-34-18-16-29/h1-3,5-6,8-11,23-24,27,31H,4,7,12-19H2,(H,28,32)/t23-,24-/m0/s1. The Balaban J connectivity index is 1.22. The van der Waals surface area contributed by atoms with Crippen molar-refractivity contribution in [3.8, 4) is 0 Å². The van der Waals surface area contributed by atoms with Crippen molar-refractivity contribution in [1.29, 1.82) is 0 Å². The Hall–Kier alpha value is -2.94. The van der Waals surface area contributed by atoms with E-state index in [-0.39, 0.29) is 11.9 Å². The van der Waals surface area contributed by atoms with Gasteiger partial charge in [0.1, 0.15) is 6.04 Å². The molecule has 0 bridgehead atoms. The lowest BCUT2D eigenvalue weighted by Gasteiger charge is -2.33. The highest BCUT2D eigenvalue weighted by Crippen LogP contribution is 2.22. The molecule has 0 radical (unpaired) electrons. The minimum Gasteiger partial charge on any atom is -0.387 e. The lowest BCUT2D eigenvalue weighted by Crippen LogP contribution is -2.52. The van der Waals surface area contributed by atoms with Crippen LogP contribution in [0.25, 0.3) is 0 Å². The van der Waals surface area contributed by atoms with Crippen molar-refractivity contribution < 1.29 is 19.4 Å². The van der Waals surface area contributed by atoms with E-state index in [0.717, 1.165) is 36.2 Å². The smallest absolute Gasteiger partial charge is 0.320 e. The van der Waals surface area contributed by atoms with Gasteiger partial charge in [0.15, 0.2) is 0 Å². The molecule has 2 heterocycles. The Kier molecular flexibility index (Phi) is 8.51. The van der Waals surface area contributed by atoms with Crippen molar-refractivity contribution in [2.45, 2.75) is 31.4 Å². The number of urea groups is 1. The largest absolute Gasteiger partial charge is 0.387 e. The maximum Gasteiger partial charge on any atom is 0.320 e. The molecule has 0 aliphatic carbocycles. The Morgan fingerprint density at radius 2 is 1.76 bits per heavy atom. The van der Waals surface area contributed by atoms with Gasteiger partial charge in [-0.25, -0.2) is 4.79 Å². The lowest BCUT2D eigenvalue weighted by molar-refractivity contribution is -0.119.